The van der Waals surface area contributed by atoms with Gasteiger partial charge >= 0.3 is 0 Å². The van der Waals surface area contributed by atoms with Crippen LogP contribution in [-0.2, 0) is 9.53 Å². The zero-order valence-corrected chi connectivity index (χ0v) is 11.7. The van der Waals surface area contributed by atoms with Gasteiger partial charge in [0.2, 0.25) is 0 Å². The van der Waals surface area contributed by atoms with Crippen molar-refractivity contribution in [3.05, 3.63) is 0 Å². The van der Waals surface area contributed by atoms with Crippen molar-refractivity contribution in [2.24, 2.45) is 17.8 Å². The number of rotatable bonds is 7. The lowest BCUT2D eigenvalue weighted by atomic mass is 9.69. The van der Waals surface area contributed by atoms with Gasteiger partial charge in [0, 0.05) is 26.1 Å². The summed E-state index contributed by atoms with van der Waals surface area (Å²) >= 11 is 0. The summed E-state index contributed by atoms with van der Waals surface area (Å²) in [5.41, 5.74) is 0. The minimum Gasteiger partial charge on any atom is -0.385 e. The monoisotopic (exact) mass is 240 g/mol. The number of hydrogen-bond donors (Lipinski definition) is 0. The molecule has 1 aliphatic rings. The molecular weight excluding hydrogens is 212 g/mol. The van der Waals surface area contributed by atoms with E-state index in [-0.39, 0.29) is 0 Å². The van der Waals surface area contributed by atoms with Crippen molar-refractivity contribution in [2.45, 2.75) is 58.8 Å². The average molecular weight is 240 g/mol. The van der Waals surface area contributed by atoms with Gasteiger partial charge in [0.15, 0.2) is 0 Å². The van der Waals surface area contributed by atoms with E-state index in [0.717, 1.165) is 32.3 Å². The lowest BCUT2D eigenvalue weighted by Gasteiger charge is -2.35. The standard InChI is InChI=1S/C15H28O2/c1-4-5-9-14(16)15-12(2)7-6-8-13(15)10-11-17-3/h12-13,15H,4-11H2,1-3H3. The number of carbonyl (C=O) groups is 1. The average Bonchev–Trinajstić information content (AvgIpc) is 2.33. The van der Waals surface area contributed by atoms with Crippen molar-refractivity contribution in [2.75, 3.05) is 13.7 Å². The predicted molar refractivity (Wildman–Crippen MR) is 71.0 cm³/mol. The molecule has 0 bridgehead atoms. The second-order valence-corrected chi connectivity index (χ2v) is 5.55. The highest BCUT2D eigenvalue weighted by molar-refractivity contribution is 5.81. The maximum Gasteiger partial charge on any atom is 0.136 e. The van der Waals surface area contributed by atoms with E-state index in [1.165, 1.54) is 19.3 Å². The first-order chi connectivity index (χ1) is 8.20. The third-order valence-electron chi connectivity index (χ3n) is 4.20. The molecule has 0 heterocycles. The predicted octanol–water partition coefficient (Wildman–Crippen LogP) is 3.83. The molecule has 0 aromatic heterocycles. The molecule has 0 N–H and O–H groups in total. The van der Waals surface area contributed by atoms with Gasteiger partial charge in [-0.05, 0) is 31.1 Å². The third kappa shape index (κ3) is 4.42. The highest BCUT2D eigenvalue weighted by Crippen LogP contribution is 2.38. The zero-order chi connectivity index (χ0) is 12.7. The first-order valence-electron chi connectivity index (χ1n) is 7.22. The summed E-state index contributed by atoms with van der Waals surface area (Å²) in [6, 6.07) is 0. The third-order valence-corrected chi connectivity index (χ3v) is 4.20. The highest BCUT2D eigenvalue weighted by atomic mass is 16.5. The number of Topliss-reactive ketones (excluding diaryl/α,β-unsaturated/α-hetero) is 1. The molecule has 0 aromatic carbocycles. The minimum absolute atomic E-state index is 0.311. The van der Waals surface area contributed by atoms with Crippen LogP contribution < -0.4 is 0 Å². The van der Waals surface area contributed by atoms with Crippen LogP contribution in [0.1, 0.15) is 58.8 Å². The number of hydrogen-bond acceptors (Lipinski definition) is 2. The number of ketones is 1. The van der Waals surface area contributed by atoms with E-state index < -0.39 is 0 Å². The Morgan fingerprint density at radius 2 is 2.12 bits per heavy atom. The van der Waals surface area contributed by atoms with Crippen molar-refractivity contribution < 1.29 is 9.53 Å². The van der Waals surface area contributed by atoms with Gasteiger partial charge in [-0.1, -0.05) is 33.1 Å². The lowest BCUT2D eigenvalue weighted by molar-refractivity contribution is -0.128. The summed E-state index contributed by atoms with van der Waals surface area (Å²) < 4.78 is 5.18. The van der Waals surface area contributed by atoms with E-state index in [9.17, 15) is 4.79 Å². The molecule has 0 saturated heterocycles. The molecule has 0 spiro atoms. The van der Waals surface area contributed by atoms with Crippen LogP contribution in [0.5, 0.6) is 0 Å². The number of unbranched alkanes of at least 4 members (excludes halogenated alkanes) is 1. The largest absolute Gasteiger partial charge is 0.385 e. The fourth-order valence-corrected chi connectivity index (χ4v) is 3.22. The van der Waals surface area contributed by atoms with Crippen LogP contribution in [0.25, 0.3) is 0 Å². The van der Waals surface area contributed by atoms with Gasteiger partial charge < -0.3 is 4.74 Å². The zero-order valence-electron chi connectivity index (χ0n) is 11.7. The number of ether oxygens (including phenoxy) is 1. The van der Waals surface area contributed by atoms with Crippen molar-refractivity contribution in [3.8, 4) is 0 Å². The Balaban J connectivity index is 2.56. The van der Waals surface area contributed by atoms with Crippen LogP contribution in [0.4, 0.5) is 0 Å². The summed E-state index contributed by atoms with van der Waals surface area (Å²) in [4.78, 5) is 12.3. The molecule has 0 radical (unpaired) electrons. The topological polar surface area (TPSA) is 26.3 Å². The molecular formula is C15H28O2. The number of methoxy groups -OCH3 is 1. The molecule has 1 aliphatic carbocycles. The van der Waals surface area contributed by atoms with Crippen LogP contribution >= 0.6 is 0 Å². The highest BCUT2D eigenvalue weighted by Gasteiger charge is 2.34. The molecule has 0 amide bonds. The molecule has 17 heavy (non-hydrogen) atoms. The van der Waals surface area contributed by atoms with Crippen LogP contribution in [0, 0.1) is 17.8 Å². The molecule has 0 aromatic rings. The van der Waals surface area contributed by atoms with Gasteiger partial charge in [0.25, 0.3) is 0 Å². The molecule has 0 aliphatic heterocycles. The Morgan fingerprint density at radius 3 is 2.76 bits per heavy atom. The van der Waals surface area contributed by atoms with E-state index in [0.29, 0.717) is 23.5 Å². The molecule has 3 unspecified atom stereocenters. The first-order valence-corrected chi connectivity index (χ1v) is 7.22. The van der Waals surface area contributed by atoms with Crippen LogP contribution in [0.3, 0.4) is 0 Å². The molecule has 1 rings (SSSR count). The van der Waals surface area contributed by atoms with E-state index in [1.54, 1.807) is 7.11 Å². The van der Waals surface area contributed by atoms with Gasteiger partial charge in [-0.25, -0.2) is 0 Å². The normalized spacial score (nSPS) is 29.2. The fraction of sp³-hybridized carbons (Fsp3) is 0.933. The second kappa shape index (κ2) is 7.86. The molecule has 2 heteroatoms. The summed E-state index contributed by atoms with van der Waals surface area (Å²) in [5.74, 6) is 1.98. The SMILES string of the molecule is CCCCC(=O)C1C(C)CCCC1CCOC. The molecule has 100 valence electrons. The minimum atomic E-state index is 0.311. The van der Waals surface area contributed by atoms with Crippen molar-refractivity contribution in [3.63, 3.8) is 0 Å². The maximum absolute atomic E-state index is 12.3. The van der Waals surface area contributed by atoms with E-state index in [1.807, 2.05) is 0 Å². The Morgan fingerprint density at radius 1 is 1.35 bits per heavy atom. The lowest BCUT2D eigenvalue weighted by Crippen LogP contribution is -2.34. The summed E-state index contributed by atoms with van der Waals surface area (Å²) in [7, 11) is 1.75. The van der Waals surface area contributed by atoms with Crippen LogP contribution in [0.2, 0.25) is 0 Å². The van der Waals surface area contributed by atoms with Gasteiger partial charge in [0.05, 0.1) is 0 Å². The summed E-state index contributed by atoms with van der Waals surface area (Å²) in [6.45, 7) is 5.21. The second-order valence-electron chi connectivity index (χ2n) is 5.55. The molecule has 2 nitrogen and oxygen atoms in total. The van der Waals surface area contributed by atoms with Gasteiger partial charge in [-0.15, -0.1) is 0 Å². The Kier molecular flexibility index (Phi) is 6.79. The van der Waals surface area contributed by atoms with Gasteiger partial charge in [-0.2, -0.15) is 0 Å². The molecule has 1 fully saturated rings. The smallest absolute Gasteiger partial charge is 0.136 e. The maximum atomic E-state index is 12.3. The molecule has 1 saturated carbocycles. The fourth-order valence-electron chi connectivity index (χ4n) is 3.22. The van der Waals surface area contributed by atoms with Crippen LogP contribution in [-0.4, -0.2) is 19.5 Å². The van der Waals surface area contributed by atoms with Crippen molar-refractivity contribution in [1.29, 1.82) is 0 Å². The van der Waals surface area contributed by atoms with Crippen molar-refractivity contribution in [1.82, 2.24) is 0 Å². The number of carbonyl (C=O) groups excluding carboxylic acids is 1. The Labute approximate surface area is 106 Å². The summed E-state index contributed by atoms with van der Waals surface area (Å²) in [6.07, 6.45) is 7.75. The van der Waals surface area contributed by atoms with E-state index >= 15 is 0 Å². The van der Waals surface area contributed by atoms with Crippen molar-refractivity contribution >= 4 is 5.78 Å². The quantitative estimate of drug-likeness (QED) is 0.676. The van der Waals surface area contributed by atoms with Gasteiger partial charge in [-0.3, -0.25) is 4.79 Å². The molecule has 3 atom stereocenters. The first kappa shape index (κ1) is 14.7. The van der Waals surface area contributed by atoms with Gasteiger partial charge in [0.1, 0.15) is 5.78 Å². The Bertz CT molecular complexity index is 225. The van der Waals surface area contributed by atoms with E-state index in [2.05, 4.69) is 13.8 Å². The Hall–Kier alpha value is -0.370. The van der Waals surface area contributed by atoms with Crippen LogP contribution in [0.15, 0.2) is 0 Å². The summed E-state index contributed by atoms with van der Waals surface area (Å²) in [5, 5.41) is 0. The van der Waals surface area contributed by atoms with E-state index in [4.69, 9.17) is 4.74 Å².